The molecule has 1 aromatic heterocycles. The van der Waals surface area contributed by atoms with Gasteiger partial charge in [-0.05, 0) is 31.4 Å². The number of ether oxygens (including phenoxy) is 1. The van der Waals surface area contributed by atoms with E-state index in [9.17, 15) is 0 Å². The minimum absolute atomic E-state index is 0.644. The topological polar surface area (TPSA) is 63.4 Å². The van der Waals surface area contributed by atoms with Gasteiger partial charge in [-0.25, -0.2) is 0 Å². The summed E-state index contributed by atoms with van der Waals surface area (Å²) in [5, 5.41) is 4.49. The zero-order valence-electron chi connectivity index (χ0n) is 10.2. The Morgan fingerprint density at radius 1 is 1.47 bits per heavy atom. The highest BCUT2D eigenvalue weighted by molar-refractivity contribution is 7.10. The van der Waals surface area contributed by atoms with Gasteiger partial charge >= 0.3 is 0 Å². The van der Waals surface area contributed by atoms with Gasteiger partial charge in [0.2, 0.25) is 0 Å². The number of hydrogen-bond donors (Lipinski definition) is 2. The van der Waals surface area contributed by atoms with Gasteiger partial charge in [-0.2, -0.15) is 4.37 Å². The van der Waals surface area contributed by atoms with Crippen molar-refractivity contribution in [2.75, 3.05) is 50.4 Å². The van der Waals surface area contributed by atoms with Crippen molar-refractivity contribution in [1.82, 2.24) is 9.27 Å². The summed E-state index contributed by atoms with van der Waals surface area (Å²) >= 11 is 1.44. The largest absolute Gasteiger partial charge is 0.383 e. The van der Waals surface area contributed by atoms with Crippen molar-refractivity contribution >= 4 is 22.4 Å². The standard InChI is InChI=1S/C11H20N4OS/c1-9-10(12)14-17-11(9)13-3-2-4-15-5-7-16-8-6-15/h13H,2-8H2,1H3,(H2,12,14). The van der Waals surface area contributed by atoms with Gasteiger partial charge in [0.05, 0.1) is 13.2 Å². The van der Waals surface area contributed by atoms with E-state index in [1.807, 2.05) is 6.92 Å². The predicted molar refractivity (Wildman–Crippen MR) is 71.6 cm³/mol. The second kappa shape index (κ2) is 6.18. The van der Waals surface area contributed by atoms with Gasteiger partial charge in [-0.15, -0.1) is 0 Å². The molecule has 1 saturated heterocycles. The summed E-state index contributed by atoms with van der Waals surface area (Å²) < 4.78 is 9.43. The normalized spacial score (nSPS) is 17.2. The van der Waals surface area contributed by atoms with Crippen LogP contribution >= 0.6 is 11.5 Å². The molecule has 0 atom stereocenters. The van der Waals surface area contributed by atoms with E-state index in [4.69, 9.17) is 10.5 Å². The number of hydrogen-bond acceptors (Lipinski definition) is 6. The van der Waals surface area contributed by atoms with Crippen LogP contribution in [0.4, 0.5) is 10.8 Å². The van der Waals surface area contributed by atoms with Gasteiger partial charge < -0.3 is 15.8 Å². The monoisotopic (exact) mass is 256 g/mol. The van der Waals surface area contributed by atoms with E-state index in [-0.39, 0.29) is 0 Å². The van der Waals surface area contributed by atoms with Crippen molar-refractivity contribution in [2.45, 2.75) is 13.3 Å². The maximum absolute atomic E-state index is 5.70. The van der Waals surface area contributed by atoms with Crippen molar-refractivity contribution < 1.29 is 4.74 Å². The van der Waals surface area contributed by atoms with Crippen LogP contribution in [0, 0.1) is 6.92 Å². The number of rotatable bonds is 5. The van der Waals surface area contributed by atoms with Crippen LogP contribution in [0.5, 0.6) is 0 Å². The molecule has 2 heterocycles. The Labute approximate surface area is 106 Å². The molecule has 96 valence electrons. The van der Waals surface area contributed by atoms with E-state index in [2.05, 4.69) is 14.6 Å². The molecule has 0 amide bonds. The lowest BCUT2D eigenvalue weighted by molar-refractivity contribution is 0.0378. The molecule has 0 spiro atoms. The molecular weight excluding hydrogens is 236 g/mol. The lowest BCUT2D eigenvalue weighted by Crippen LogP contribution is -2.37. The SMILES string of the molecule is Cc1c(N)nsc1NCCCN1CCOCC1. The number of aromatic nitrogens is 1. The lowest BCUT2D eigenvalue weighted by Gasteiger charge is -2.26. The molecule has 3 N–H and O–H groups in total. The molecule has 0 aliphatic carbocycles. The summed E-state index contributed by atoms with van der Waals surface area (Å²) in [6.45, 7) is 7.97. The van der Waals surface area contributed by atoms with E-state index in [1.165, 1.54) is 11.5 Å². The van der Waals surface area contributed by atoms with Crippen molar-refractivity contribution in [2.24, 2.45) is 0 Å². The molecule has 0 bridgehead atoms. The third-order valence-electron chi connectivity index (χ3n) is 3.00. The first kappa shape index (κ1) is 12.6. The second-order valence-electron chi connectivity index (χ2n) is 4.26. The van der Waals surface area contributed by atoms with Crippen LogP contribution in [0.3, 0.4) is 0 Å². The van der Waals surface area contributed by atoms with Crippen LogP contribution in [-0.4, -0.2) is 48.7 Å². The number of nitrogens with one attached hydrogen (secondary N) is 1. The van der Waals surface area contributed by atoms with E-state index in [0.29, 0.717) is 5.82 Å². The summed E-state index contributed by atoms with van der Waals surface area (Å²) in [6.07, 6.45) is 1.14. The first-order valence-electron chi connectivity index (χ1n) is 6.03. The highest BCUT2D eigenvalue weighted by atomic mass is 32.1. The second-order valence-corrected chi connectivity index (χ2v) is 5.03. The third kappa shape index (κ3) is 3.55. The summed E-state index contributed by atoms with van der Waals surface area (Å²) in [5.74, 6) is 0.644. The number of nitrogens with two attached hydrogens (primary N) is 1. The van der Waals surface area contributed by atoms with Gasteiger partial charge in [0.15, 0.2) is 0 Å². The van der Waals surface area contributed by atoms with E-state index in [0.717, 1.165) is 56.4 Å². The van der Waals surface area contributed by atoms with Crippen molar-refractivity contribution in [3.05, 3.63) is 5.56 Å². The molecule has 0 unspecified atom stereocenters. The Morgan fingerprint density at radius 3 is 2.88 bits per heavy atom. The molecule has 1 fully saturated rings. The van der Waals surface area contributed by atoms with Crippen LogP contribution in [0.1, 0.15) is 12.0 Å². The number of nitrogens with zero attached hydrogens (tertiary/aromatic N) is 2. The number of anilines is 2. The molecule has 1 aromatic rings. The number of morpholine rings is 1. The average Bonchev–Trinajstić information content (AvgIpc) is 2.67. The van der Waals surface area contributed by atoms with Crippen LogP contribution in [-0.2, 0) is 4.74 Å². The van der Waals surface area contributed by atoms with Crippen LogP contribution in [0.15, 0.2) is 0 Å². The average molecular weight is 256 g/mol. The minimum Gasteiger partial charge on any atom is -0.383 e. The van der Waals surface area contributed by atoms with Gasteiger partial charge in [0.25, 0.3) is 0 Å². The van der Waals surface area contributed by atoms with Crippen molar-refractivity contribution in [3.63, 3.8) is 0 Å². The fraction of sp³-hybridized carbons (Fsp3) is 0.727. The van der Waals surface area contributed by atoms with Crippen LogP contribution < -0.4 is 11.1 Å². The fourth-order valence-corrected chi connectivity index (χ4v) is 2.58. The minimum atomic E-state index is 0.644. The van der Waals surface area contributed by atoms with Gasteiger partial charge in [0, 0.05) is 25.2 Å². The Balaban J connectivity index is 1.64. The van der Waals surface area contributed by atoms with Crippen molar-refractivity contribution in [3.8, 4) is 0 Å². The highest BCUT2D eigenvalue weighted by Gasteiger charge is 2.10. The first-order chi connectivity index (χ1) is 8.27. The Kier molecular flexibility index (Phi) is 4.58. The molecule has 0 aromatic carbocycles. The summed E-state index contributed by atoms with van der Waals surface area (Å²) in [6, 6.07) is 0. The Bertz CT molecular complexity index is 349. The zero-order valence-corrected chi connectivity index (χ0v) is 11.1. The molecule has 0 radical (unpaired) electrons. The zero-order chi connectivity index (χ0) is 12.1. The lowest BCUT2D eigenvalue weighted by atomic mass is 10.3. The highest BCUT2D eigenvalue weighted by Crippen LogP contribution is 2.24. The first-order valence-corrected chi connectivity index (χ1v) is 6.80. The maximum Gasteiger partial charge on any atom is 0.142 e. The summed E-state index contributed by atoms with van der Waals surface area (Å²) in [4.78, 5) is 2.44. The third-order valence-corrected chi connectivity index (χ3v) is 3.92. The predicted octanol–water partition coefficient (Wildman–Crippen LogP) is 1.17. The molecule has 17 heavy (non-hydrogen) atoms. The molecule has 5 nitrogen and oxygen atoms in total. The summed E-state index contributed by atoms with van der Waals surface area (Å²) in [7, 11) is 0. The van der Waals surface area contributed by atoms with Gasteiger partial charge in [-0.3, -0.25) is 4.90 Å². The molecule has 1 aliphatic rings. The quantitative estimate of drug-likeness (QED) is 0.774. The van der Waals surface area contributed by atoms with Crippen LogP contribution in [0.25, 0.3) is 0 Å². The summed E-state index contributed by atoms with van der Waals surface area (Å²) in [5.41, 5.74) is 6.77. The van der Waals surface area contributed by atoms with Gasteiger partial charge in [-0.1, -0.05) is 0 Å². The van der Waals surface area contributed by atoms with E-state index in [1.54, 1.807) is 0 Å². The molecule has 6 heteroatoms. The fourth-order valence-electron chi connectivity index (χ4n) is 1.84. The number of nitrogen functional groups attached to an aromatic ring is 1. The molecule has 1 aliphatic heterocycles. The van der Waals surface area contributed by atoms with Crippen LogP contribution in [0.2, 0.25) is 0 Å². The van der Waals surface area contributed by atoms with E-state index >= 15 is 0 Å². The Morgan fingerprint density at radius 2 is 2.24 bits per heavy atom. The van der Waals surface area contributed by atoms with Gasteiger partial charge in [0.1, 0.15) is 10.8 Å². The molecule has 0 saturated carbocycles. The molecular formula is C11H20N4OS. The maximum atomic E-state index is 5.70. The Hall–Kier alpha value is -0.850. The van der Waals surface area contributed by atoms with E-state index < -0.39 is 0 Å². The molecule has 2 rings (SSSR count). The smallest absolute Gasteiger partial charge is 0.142 e. The van der Waals surface area contributed by atoms with Crippen molar-refractivity contribution in [1.29, 1.82) is 0 Å².